The molecule has 1 aliphatic rings. The molecular weight excluding hydrogens is 398 g/mol. The molecule has 3 aromatic rings. The lowest BCUT2D eigenvalue weighted by molar-refractivity contribution is 0.0694. The average molecular weight is 422 g/mol. The maximum Gasteiger partial charge on any atom is 0.339 e. The fraction of sp³-hybridized carbons (Fsp3) is 0.292. The van der Waals surface area contributed by atoms with Crippen molar-refractivity contribution in [2.45, 2.75) is 38.6 Å². The van der Waals surface area contributed by atoms with Crippen molar-refractivity contribution in [3.05, 3.63) is 87.7 Å². The van der Waals surface area contributed by atoms with Crippen LogP contribution in [0.2, 0.25) is 5.02 Å². The summed E-state index contributed by atoms with van der Waals surface area (Å²) in [6.07, 6.45) is 4.79. The molecule has 1 saturated heterocycles. The molecule has 154 valence electrons. The van der Waals surface area contributed by atoms with Crippen molar-refractivity contribution in [1.82, 2.24) is 9.97 Å². The molecule has 4 rings (SSSR count). The van der Waals surface area contributed by atoms with Gasteiger partial charge >= 0.3 is 5.97 Å². The van der Waals surface area contributed by atoms with E-state index in [1.54, 1.807) is 0 Å². The maximum atomic E-state index is 11.7. The summed E-state index contributed by atoms with van der Waals surface area (Å²) in [5.74, 6) is -0.394. The molecule has 0 radical (unpaired) electrons. The molecule has 0 bridgehead atoms. The van der Waals surface area contributed by atoms with Gasteiger partial charge in [-0.3, -0.25) is 0 Å². The van der Waals surface area contributed by atoms with Crippen LogP contribution in [-0.2, 0) is 12.8 Å². The molecular formula is C24H24ClN3O2. The summed E-state index contributed by atoms with van der Waals surface area (Å²) in [7, 11) is 0. The van der Waals surface area contributed by atoms with Crippen LogP contribution in [0, 0.1) is 6.92 Å². The van der Waals surface area contributed by atoms with Crippen LogP contribution in [0.1, 0.15) is 51.6 Å². The van der Waals surface area contributed by atoms with Gasteiger partial charge in [-0.15, -0.1) is 0 Å². The zero-order valence-corrected chi connectivity index (χ0v) is 17.6. The van der Waals surface area contributed by atoms with Crippen LogP contribution in [0.15, 0.2) is 54.7 Å². The molecule has 2 heterocycles. The maximum absolute atomic E-state index is 11.7. The fourth-order valence-electron chi connectivity index (χ4n) is 4.10. The van der Waals surface area contributed by atoms with Crippen LogP contribution in [0.4, 0.5) is 5.95 Å². The minimum Gasteiger partial charge on any atom is -0.478 e. The van der Waals surface area contributed by atoms with E-state index in [4.69, 9.17) is 16.6 Å². The van der Waals surface area contributed by atoms with Crippen molar-refractivity contribution in [1.29, 1.82) is 0 Å². The van der Waals surface area contributed by atoms with Crippen LogP contribution < -0.4 is 4.90 Å². The number of aromatic nitrogens is 2. The average Bonchev–Trinajstić information content (AvgIpc) is 3.23. The zero-order valence-electron chi connectivity index (χ0n) is 16.9. The highest BCUT2D eigenvalue weighted by molar-refractivity contribution is 6.30. The van der Waals surface area contributed by atoms with Crippen molar-refractivity contribution in [2.75, 3.05) is 11.4 Å². The summed E-state index contributed by atoms with van der Waals surface area (Å²) in [5, 5.41) is 10.3. The minimum atomic E-state index is -0.989. The molecule has 1 aromatic heterocycles. The molecule has 6 heteroatoms. The Kier molecular flexibility index (Phi) is 6.00. The topological polar surface area (TPSA) is 66.3 Å². The lowest BCUT2D eigenvalue weighted by Gasteiger charge is -2.25. The molecule has 5 nitrogen and oxygen atoms in total. The van der Waals surface area contributed by atoms with Gasteiger partial charge in [-0.1, -0.05) is 48.0 Å². The van der Waals surface area contributed by atoms with Gasteiger partial charge in [-0.2, -0.15) is 0 Å². The van der Waals surface area contributed by atoms with Gasteiger partial charge in [0.1, 0.15) is 0 Å². The first-order valence-electron chi connectivity index (χ1n) is 10.2. The highest BCUT2D eigenvalue weighted by Gasteiger charge is 2.29. The Morgan fingerprint density at radius 3 is 2.67 bits per heavy atom. The van der Waals surface area contributed by atoms with Gasteiger partial charge in [-0.05, 0) is 61.4 Å². The van der Waals surface area contributed by atoms with Gasteiger partial charge in [0, 0.05) is 17.8 Å². The summed E-state index contributed by atoms with van der Waals surface area (Å²) in [6, 6.07) is 16.2. The van der Waals surface area contributed by atoms with Gasteiger partial charge in [0.25, 0.3) is 0 Å². The third-order valence-corrected chi connectivity index (χ3v) is 5.99. The van der Waals surface area contributed by atoms with Crippen LogP contribution in [0.25, 0.3) is 0 Å². The van der Waals surface area contributed by atoms with Crippen LogP contribution >= 0.6 is 11.6 Å². The van der Waals surface area contributed by atoms with Gasteiger partial charge < -0.3 is 10.0 Å². The van der Waals surface area contributed by atoms with Crippen molar-refractivity contribution in [3.63, 3.8) is 0 Å². The van der Waals surface area contributed by atoms with E-state index in [0.29, 0.717) is 23.1 Å². The SMILES string of the molecule is Cc1ccccc1CCc1nc(N2CCC[C@@H]2c2ccc(Cl)cc2)ncc1C(=O)O. The van der Waals surface area contributed by atoms with Crippen molar-refractivity contribution >= 4 is 23.5 Å². The Morgan fingerprint density at radius 2 is 1.93 bits per heavy atom. The number of carboxylic acid groups (broad SMARTS) is 1. The number of halogens is 1. The Balaban J connectivity index is 1.62. The monoisotopic (exact) mass is 421 g/mol. The van der Waals surface area contributed by atoms with E-state index in [1.807, 2.05) is 36.4 Å². The van der Waals surface area contributed by atoms with E-state index in [2.05, 4.69) is 28.9 Å². The molecule has 0 spiro atoms. The first-order chi connectivity index (χ1) is 14.5. The zero-order chi connectivity index (χ0) is 21.1. The standard InChI is InChI=1S/C24H24ClN3O2/c1-16-5-2-3-6-17(16)10-13-21-20(23(29)30)15-26-24(27-21)28-14-4-7-22(28)18-8-11-19(25)12-9-18/h2-3,5-6,8-9,11-12,15,22H,4,7,10,13-14H2,1H3,(H,29,30)/t22-/m1/s1. The highest BCUT2D eigenvalue weighted by Crippen LogP contribution is 2.35. The molecule has 2 aromatic carbocycles. The number of rotatable bonds is 6. The molecule has 1 fully saturated rings. The van der Waals surface area contributed by atoms with Gasteiger partial charge in [0.15, 0.2) is 0 Å². The second-order valence-corrected chi connectivity index (χ2v) is 8.10. The molecule has 0 unspecified atom stereocenters. The van der Waals surface area contributed by atoms with E-state index in [9.17, 15) is 9.90 Å². The van der Waals surface area contributed by atoms with Gasteiger partial charge in [-0.25, -0.2) is 14.8 Å². The summed E-state index contributed by atoms with van der Waals surface area (Å²) in [5.41, 5.74) is 4.33. The second-order valence-electron chi connectivity index (χ2n) is 7.66. The number of hydrogen-bond acceptors (Lipinski definition) is 4. The first-order valence-corrected chi connectivity index (χ1v) is 10.6. The lowest BCUT2D eigenvalue weighted by Crippen LogP contribution is -2.25. The normalized spacial score (nSPS) is 16.1. The predicted octanol–water partition coefficient (Wildman–Crippen LogP) is 5.26. The fourth-order valence-corrected chi connectivity index (χ4v) is 4.22. The number of aromatic carboxylic acids is 1. The van der Waals surface area contributed by atoms with E-state index in [0.717, 1.165) is 25.8 Å². The first kappa shape index (κ1) is 20.4. The molecule has 1 aliphatic heterocycles. The van der Waals surface area contributed by atoms with Crippen LogP contribution in [-0.4, -0.2) is 27.6 Å². The lowest BCUT2D eigenvalue weighted by atomic mass is 10.0. The number of carboxylic acids is 1. The van der Waals surface area contributed by atoms with Gasteiger partial charge in [0.2, 0.25) is 5.95 Å². The quantitative estimate of drug-likeness (QED) is 0.587. The smallest absolute Gasteiger partial charge is 0.339 e. The van der Waals surface area contributed by atoms with E-state index in [1.165, 1.54) is 22.9 Å². The van der Waals surface area contributed by atoms with E-state index in [-0.39, 0.29) is 11.6 Å². The summed E-state index contributed by atoms with van der Waals surface area (Å²) in [6.45, 7) is 2.91. The number of nitrogens with zero attached hydrogens (tertiary/aromatic N) is 3. The minimum absolute atomic E-state index is 0.169. The van der Waals surface area contributed by atoms with E-state index >= 15 is 0 Å². The largest absolute Gasteiger partial charge is 0.478 e. The Labute approximate surface area is 181 Å². The Bertz CT molecular complexity index is 1050. The molecule has 0 aliphatic carbocycles. The predicted molar refractivity (Wildman–Crippen MR) is 118 cm³/mol. The molecule has 1 atom stereocenters. The van der Waals surface area contributed by atoms with Crippen LogP contribution in [0.5, 0.6) is 0 Å². The molecule has 0 amide bonds. The molecule has 30 heavy (non-hydrogen) atoms. The Morgan fingerprint density at radius 1 is 1.17 bits per heavy atom. The van der Waals surface area contributed by atoms with Crippen molar-refractivity contribution in [2.24, 2.45) is 0 Å². The molecule has 1 N–H and O–H groups in total. The summed E-state index contributed by atoms with van der Waals surface area (Å²) < 4.78 is 0. The van der Waals surface area contributed by atoms with Crippen LogP contribution in [0.3, 0.4) is 0 Å². The third kappa shape index (κ3) is 4.31. The molecule has 0 saturated carbocycles. The number of hydrogen-bond donors (Lipinski definition) is 1. The highest BCUT2D eigenvalue weighted by atomic mass is 35.5. The number of anilines is 1. The summed E-state index contributed by atoms with van der Waals surface area (Å²) in [4.78, 5) is 23.1. The Hall–Kier alpha value is -2.92. The second kappa shape index (κ2) is 8.84. The number of carbonyl (C=O) groups is 1. The summed E-state index contributed by atoms with van der Waals surface area (Å²) >= 11 is 6.04. The number of aryl methyl sites for hydroxylation is 3. The number of benzene rings is 2. The van der Waals surface area contributed by atoms with Crippen molar-refractivity contribution < 1.29 is 9.90 Å². The third-order valence-electron chi connectivity index (χ3n) is 5.74. The van der Waals surface area contributed by atoms with Gasteiger partial charge in [0.05, 0.1) is 17.3 Å². The van der Waals surface area contributed by atoms with E-state index < -0.39 is 5.97 Å². The van der Waals surface area contributed by atoms with Crippen molar-refractivity contribution in [3.8, 4) is 0 Å².